The first kappa shape index (κ1) is 35.4. The number of hydrogen-bond acceptors (Lipinski definition) is 9. The van der Waals surface area contributed by atoms with E-state index in [0.29, 0.717) is 43.7 Å². The Labute approximate surface area is 244 Å². The number of carbonyl (C=O) groups is 4. The van der Waals surface area contributed by atoms with Crippen molar-refractivity contribution in [1.82, 2.24) is 20.6 Å². The van der Waals surface area contributed by atoms with Gasteiger partial charge in [-0.3, -0.25) is 29.2 Å². The van der Waals surface area contributed by atoms with Crippen LogP contribution in [0.5, 0.6) is 0 Å². The average molecular weight is 596 g/mol. The van der Waals surface area contributed by atoms with Crippen LogP contribution in [0.1, 0.15) is 51.1 Å². The number of amides is 2. The number of nitrogens with one attached hydrogen (secondary N) is 3. The van der Waals surface area contributed by atoms with Crippen molar-refractivity contribution in [3.8, 4) is 0 Å². The number of nitrogens with zero attached hydrogens (tertiary/aromatic N) is 3. The maximum atomic E-state index is 13.5. The number of Topliss-reactive ketones (excluding diaryl/α,β-unsaturated/α-hetero) is 2. The zero-order chi connectivity index (χ0) is 30.8. The number of ketones is 2. The first-order valence-electron chi connectivity index (χ1n) is 13.4. The Morgan fingerprint density at radius 2 is 1.56 bits per heavy atom. The lowest BCUT2D eigenvalue weighted by molar-refractivity contribution is -0.133. The maximum absolute atomic E-state index is 13.5. The largest absolute Gasteiger partial charge is 0.370 e. The van der Waals surface area contributed by atoms with Crippen molar-refractivity contribution in [2.45, 2.75) is 70.0 Å². The summed E-state index contributed by atoms with van der Waals surface area (Å²) in [6, 6.07) is -2.49. The van der Waals surface area contributed by atoms with E-state index < -0.39 is 35.9 Å². The third-order valence-corrected chi connectivity index (χ3v) is 6.86. The zero-order valence-corrected chi connectivity index (χ0v) is 24.6. The van der Waals surface area contributed by atoms with Crippen LogP contribution < -0.4 is 39.3 Å². The number of H-pyrrole nitrogens is 1. The van der Waals surface area contributed by atoms with Gasteiger partial charge in [0.25, 0.3) is 0 Å². The Morgan fingerprint density at radius 1 is 0.951 bits per heavy atom. The molecule has 0 bridgehead atoms. The quantitative estimate of drug-likeness (QED) is 0.0449. The van der Waals surface area contributed by atoms with Gasteiger partial charge in [0.05, 0.1) is 30.4 Å². The van der Waals surface area contributed by atoms with E-state index >= 15 is 0 Å². The monoisotopic (exact) mass is 595 g/mol. The summed E-state index contributed by atoms with van der Waals surface area (Å²) in [5.41, 5.74) is 28.1. The van der Waals surface area contributed by atoms with Crippen LogP contribution >= 0.6 is 11.8 Å². The van der Waals surface area contributed by atoms with E-state index in [0.717, 1.165) is 0 Å². The molecule has 230 valence electrons. The number of aromatic nitrogens is 2. The van der Waals surface area contributed by atoms with Gasteiger partial charge in [0.1, 0.15) is 0 Å². The molecule has 4 atom stereocenters. The summed E-state index contributed by atoms with van der Waals surface area (Å²) in [5, 5.41) is 5.52. The highest BCUT2D eigenvalue weighted by Crippen LogP contribution is 2.16. The fraction of sp³-hybridized carbons (Fsp3) is 0.640. The van der Waals surface area contributed by atoms with Crippen LogP contribution in [0.15, 0.2) is 22.5 Å². The summed E-state index contributed by atoms with van der Waals surface area (Å²) in [5.74, 6) is -1.75. The van der Waals surface area contributed by atoms with Gasteiger partial charge in [-0.25, -0.2) is 4.98 Å². The maximum Gasteiger partial charge on any atom is 0.237 e. The SMILES string of the molecule is CSCCC(NC(=O)C(CC(=O)C(CCCN=C(N)N)NC(=O)C(N)CCCN=C(N)N)Cc1cnc[nH]1)C(C)=O. The lowest BCUT2D eigenvalue weighted by Gasteiger charge is -2.24. The molecule has 1 aromatic heterocycles. The summed E-state index contributed by atoms with van der Waals surface area (Å²) in [4.78, 5) is 66.6. The first-order chi connectivity index (χ1) is 19.4. The van der Waals surface area contributed by atoms with Crippen molar-refractivity contribution in [2.24, 2.45) is 44.6 Å². The van der Waals surface area contributed by atoms with Crippen LogP contribution in [-0.2, 0) is 25.6 Å². The number of imidazole rings is 1. The number of rotatable bonds is 21. The minimum absolute atomic E-state index is 0.0537. The second-order valence-corrected chi connectivity index (χ2v) is 10.7. The molecule has 1 heterocycles. The Balaban J connectivity index is 3.05. The molecule has 1 aromatic rings. The molecule has 0 fully saturated rings. The van der Waals surface area contributed by atoms with Gasteiger partial charge in [0.15, 0.2) is 23.5 Å². The van der Waals surface area contributed by atoms with E-state index in [2.05, 4.69) is 30.6 Å². The van der Waals surface area contributed by atoms with E-state index in [9.17, 15) is 19.2 Å². The molecule has 13 N–H and O–H groups in total. The summed E-state index contributed by atoms with van der Waals surface area (Å²) < 4.78 is 0. The lowest BCUT2D eigenvalue weighted by atomic mass is 9.91. The molecule has 41 heavy (non-hydrogen) atoms. The highest BCUT2D eigenvalue weighted by molar-refractivity contribution is 7.98. The van der Waals surface area contributed by atoms with Crippen molar-refractivity contribution >= 4 is 47.1 Å². The van der Waals surface area contributed by atoms with Crippen LogP contribution in [0.3, 0.4) is 0 Å². The fourth-order valence-corrected chi connectivity index (χ4v) is 4.42. The van der Waals surface area contributed by atoms with Crippen molar-refractivity contribution in [1.29, 1.82) is 0 Å². The smallest absolute Gasteiger partial charge is 0.237 e. The standard InChI is InChI=1S/C25H45N11O4S/c1-15(37)19(7-10-41-2)35-22(39)16(11-17-13-31-14-34-17)12-21(38)20(6-4-9-33-25(29)30)36-23(40)18(26)5-3-8-32-24(27)28/h13-14,16,18-20H,3-12,26H2,1-2H3,(H,31,34)(H,35,39)(H,36,40)(H4,27,28,32)(H4,29,30,33). The van der Waals surface area contributed by atoms with Crippen LogP contribution in [-0.4, -0.2) is 88.5 Å². The van der Waals surface area contributed by atoms with Gasteiger partial charge in [-0.15, -0.1) is 0 Å². The van der Waals surface area contributed by atoms with Crippen molar-refractivity contribution in [3.63, 3.8) is 0 Å². The normalized spacial score (nSPS) is 13.7. The summed E-state index contributed by atoms with van der Waals surface area (Å²) in [7, 11) is 0. The molecule has 0 radical (unpaired) electrons. The Morgan fingerprint density at radius 3 is 2.10 bits per heavy atom. The molecular weight excluding hydrogens is 550 g/mol. The number of thioether (sulfide) groups is 1. The fourth-order valence-electron chi connectivity index (χ4n) is 3.95. The highest BCUT2D eigenvalue weighted by Gasteiger charge is 2.30. The van der Waals surface area contributed by atoms with Crippen LogP contribution in [0, 0.1) is 5.92 Å². The molecule has 2 amide bonds. The Kier molecular flexibility index (Phi) is 16.8. The summed E-state index contributed by atoms with van der Waals surface area (Å²) in [6.07, 6.45) is 6.81. The van der Waals surface area contributed by atoms with E-state index in [1.54, 1.807) is 18.0 Å². The minimum atomic E-state index is -0.933. The number of carbonyl (C=O) groups excluding carboxylic acids is 4. The van der Waals surface area contributed by atoms with E-state index in [1.165, 1.54) is 13.3 Å². The third kappa shape index (κ3) is 15.1. The second kappa shape index (κ2) is 19.4. The van der Waals surface area contributed by atoms with Crippen molar-refractivity contribution < 1.29 is 19.2 Å². The molecule has 0 saturated heterocycles. The van der Waals surface area contributed by atoms with E-state index in [-0.39, 0.29) is 49.3 Å². The van der Waals surface area contributed by atoms with Gasteiger partial charge in [-0.2, -0.15) is 11.8 Å². The molecule has 0 aliphatic heterocycles. The molecule has 0 aliphatic rings. The van der Waals surface area contributed by atoms with Gasteiger partial charge in [0.2, 0.25) is 11.8 Å². The van der Waals surface area contributed by atoms with Crippen LogP contribution in [0.25, 0.3) is 0 Å². The summed E-state index contributed by atoms with van der Waals surface area (Å²) >= 11 is 1.56. The Bertz CT molecular complexity index is 1020. The highest BCUT2D eigenvalue weighted by atomic mass is 32.2. The van der Waals surface area contributed by atoms with E-state index in [1.807, 2.05) is 6.26 Å². The molecule has 1 rings (SSSR count). The van der Waals surface area contributed by atoms with Gasteiger partial charge >= 0.3 is 0 Å². The van der Waals surface area contributed by atoms with Crippen LogP contribution in [0.2, 0.25) is 0 Å². The van der Waals surface area contributed by atoms with Gasteiger partial charge < -0.3 is 44.3 Å². The van der Waals surface area contributed by atoms with Gasteiger partial charge in [-0.1, -0.05) is 0 Å². The second-order valence-electron chi connectivity index (χ2n) is 9.67. The minimum Gasteiger partial charge on any atom is -0.370 e. The third-order valence-electron chi connectivity index (χ3n) is 6.21. The Hall–Kier alpha value is -3.66. The van der Waals surface area contributed by atoms with Crippen molar-refractivity contribution in [3.05, 3.63) is 18.2 Å². The number of hydrogen-bond donors (Lipinski definition) is 8. The number of aliphatic imine (C=N–C) groups is 2. The average Bonchev–Trinajstić information content (AvgIpc) is 3.42. The molecule has 0 aromatic carbocycles. The van der Waals surface area contributed by atoms with Crippen LogP contribution in [0.4, 0.5) is 0 Å². The number of guanidine groups is 2. The van der Waals surface area contributed by atoms with Gasteiger partial charge in [-0.05, 0) is 51.0 Å². The number of nitrogens with two attached hydrogens (primary N) is 5. The van der Waals surface area contributed by atoms with Crippen molar-refractivity contribution in [2.75, 3.05) is 25.1 Å². The zero-order valence-electron chi connectivity index (χ0n) is 23.8. The summed E-state index contributed by atoms with van der Waals surface area (Å²) in [6.45, 7) is 1.98. The van der Waals surface area contributed by atoms with E-state index in [4.69, 9.17) is 28.7 Å². The number of aromatic amines is 1. The molecule has 0 saturated carbocycles. The first-order valence-corrected chi connectivity index (χ1v) is 14.8. The predicted octanol–water partition coefficient (Wildman–Crippen LogP) is -1.73. The molecular formula is C25H45N11O4S. The molecule has 0 spiro atoms. The molecule has 4 unspecified atom stereocenters. The lowest BCUT2D eigenvalue weighted by Crippen LogP contribution is -2.50. The molecule has 16 heteroatoms. The predicted molar refractivity (Wildman–Crippen MR) is 161 cm³/mol. The molecule has 15 nitrogen and oxygen atoms in total. The topological polar surface area (TPSA) is 276 Å². The van der Waals surface area contributed by atoms with Gasteiger partial charge in [0, 0.05) is 37.8 Å². The molecule has 0 aliphatic carbocycles.